The second-order valence-corrected chi connectivity index (χ2v) is 5.34. The lowest BCUT2D eigenvalue weighted by Crippen LogP contribution is -2.37. The Bertz CT molecular complexity index is 547. The zero-order valence-electron chi connectivity index (χ0n) is 12.3. The van der Waals surface area contributed by atoms with Crippen LogP contribution in [0.1, 0.15) is 31.9 Å². The van der Waals surface area contributed by atoms with Crippen molar-refractivity contribution in [2.24, 2.45) is 5.92 Å². The van der Waals surface area contributed by atoms with Gasteiger partial charge in [0, 0.05) is 19.6 Å². The number of rotatable bonds is 5. The highest BCUT2D eigenvalue weighted by atomic mass is 16.6. The molecule has 1 fully saturated rings. The van der Waals surface area contributed by atoms with Crippen LogP contribution in [0.4, 0.5) is 11.5 Å². The number of hydrogen-bond donors (Lipinski definition) is 1. The maximum atomic E-state index is 11.3. The Balaban J connectivity index is 2.30. The first-order valence-electron chi connectivity index (χ1n) is 7.15. The normalized spacial score (nSPS) is 16.2. The van der Waals surface area contributed by atoms with Crippen LogP contribution in [0.3, 0.4) is 0 Å². The molecule has 0 amide bonds. The molecule has 0 radical (unpaired) electrons. The fourth-order valence-electron chi connectivity index (χ4n) is 2.79. The molecule has 0 spiro atoms. The smallest absolute Gasteiger partial charge is 0.333 e. The molecule has 1 aliphatic rings. The van der Waals surface area contributed by atoms with Gasteiger partial charge in [-0.15, -0.1) is 0 Å². The molecule has 116 valence electrons. The Hall–Kier alpha value is -2.12. The largest absolute Gasteiger partial charge is 0.481 e. The monoisotopic (exact) mass is 296 g/mol. The molecular formula is C13H20N4O4. The summed E-state index contributed by atoms with van der Waals surface area (Å²) in [5, 5.41) is 24.6. The molecule has 0 aromatic carbocycles. The first-order chi connectivity index (χ1) is 9.95. The third kappa shape index (κ3) is 2.98. The highest BCUT2D eigenvalue weighted by molar-refractivity contribution is 5.71. The summed E-state index contributed by atoms with van der Waals surface area (Å²) in [6.45, 7) is 5.25. The van der Waals surface area contributed by atoms with Gasteiger partial charge in [-0.2, -0.15) is 5.10 Å². The molecule has 0 atom stereocenters. The molecule has 1 aromatic rings. The van der Waals surface area contributed by atoms with E-state index < -0.39 is 10.9 Å². The van der Waals surface area contributed by atoms with Gasteiger partial charge in [-0.3, -0.25) is 14.9 Å². The van der Waals surface area contributed by atoms with E-state index in [1.165, 1.54) is 0 Å². The number of carboxylic acids is 1. The fraction of sp³-hybridized carbons (Fsp3) is 0.692. The molecule has 1 aromatic heterocycles. The third-order valence-electron chi connectivity index (χ3n) is 3.83. The van der Waals surface area contributed by atoms with Crippen molar-refractivity contribution in [1.29, 1.82) is 0 Å². The third-order valence-corrected chi connectivity index (χ3v) is 3.83. The van der Waals surface area contributed by atoms with Gasteiger partial charge in [0.25, 0.3) is 0 Å². The van der Waals surface area contributed by atoms with E-state index in [9.17, 15) is 14.9 Å². The Morgan fingerprint density at radius 3 is 2.57 bits per heavy atom. The average Bonchev–Trinajstić information content (AvgIpc) is 2.76. The molecule has 21 heavy (non-hydrogen) atoms. The quantitative estimate of drug-likeness (QED) is 0.656. The average molecular weight is 296 g/mol. The fourth-order valence-corrected chi connectivity index (χ4v) is 2.79. The SMILES string of the molecule is CCCn1nc(C)c([N+](=O)[O-])c1N1CCC(C(=O)O)CC1. The number of aryl methyl sites for hydroxylation is 2. The van der Waals surface area contributed by atoms with E-state index in [0.29, 0.717) is 44.0 Å². The van der Waals surface area contributed by atoms with Gasteiger partial charge in [0.05, 0.1) is 10.8 Å². The molecule has 1 saturated heterocycles. The highest BCUT2D eigenvalue weighted by Crippen LogP contribution is 2.34. The van der Waals surface area contributed by atoms with Crippen molar-refractivity contribution >= 4 is 17.5 Å². The predicted molar refractivity (Wildman–Crippen MR) is 76.5 cm³/mol. The molecule has 1 aliphatic heterocycles. The highest BCUT2D eigenvalue weighted by Gasteiger charge is 2.33. The van der Waals surface area contributed by atoms with Gasteiger partial charge < -0.3 is 10.0 Å². The van der Waals surface area contributed by atoms with Gasteiger partial charge >= 0.3 is 11.7 Å². The lowest BCUT2D eigenvalue weighted by atomic mass is 9.97. The summed E-state index contributed by atoms with van der Waals surface area (Å²) in [6.07, 6.45) is 1.84. The van der Waals surface area contributed by atoms with Crippen LogP contribution in [0, 0.1) is 23.0 Å². The van der Waals surface area contributed by atoms with Crippen LogP contribution in [-0.4, -0.2) is 38.9 Å². The van der Waals surface area contributed by atoms with Gasteiger partial charge in [0.1, 0.15) is 5.69 Å². The van der Waals surface area contributed by atoms with Crippen molar-refractivity contribution in [1.82, 2.24) is 9.78 Å². The molecule has 0 saturated carbocycles. The van der Waals surface area contributed by atoms with Crippen LogP contribution in [0.25, 0.3) is 0 Å². The summed E-state index contributed by atoms with van der Waals surface area (Å²) in [7, 11) is 0. The summed E-state index contributed by atoms with van der Waals surface area (Å²) in [6, 6.07) is 0. The summed E-state index contributed by atoms with van der Waals surface area (Å²) in [5.41, 5.74) is 0.445. The molecule has 2 heterocycles. The number of nitro groups is 1. The molecule has 8 heteroatoms. The maximum absolute atomic E-state index is 11.3. The van der Waals surface area contributed by atoms with E-state index in [-0.39, 0.29) is 11.6 Å². The van der Waals surface area contributed by atoms with Crippen LogP contribution in [0.5, 0.6) is 0 Å². The summed E-state index contributed by atoms with van der Waals surface area (Å²) in [4.78, 5) is 23.8. The molecule has 0 bridgehead atoms. The van der Waals surface area contributed by atoms with Crippen molar-refractivity contribution < 1.29 is 14.8 Å². The van der Waals surface area contributed by atoms with E-state index >= 15 is 0 Å². The number of nitrogens with zero attached hydrogens (tertiary/aromatic N) is 4. The topological polar surface area (TPSA) is 101 Å². The summed E-state index contributed by atoms with van der Waals surface area (Å²) < 4.78 is 1.68. The minimum Gasteiger partial charge on any atom is -0.481 e. The Labute approximate surface area is 122 Å². The van der Waals surface area contributed by atoms with Crippen molar-refractivity contribution in [3.8, 4) is 0 Å². The molecule has 0 unspecified atom stereocenters. The lowest BCUT2D eigenvalue weighted by molar-refractivity contribution is -0.384. The van der Waals surface area contributed by atoms with Crippen LogP contribution in [0.2, 0.25) is 0 Å². The minimum absolute atomic E-state index is 0.0391. The van der Waals surface area contributed by atoms with E-state index in [1.807, 2.05) is 11.8 Å². The van der Waals surface area contributed by atoms with Gasteiger partial charge in [-0.25, -0.2) is 4.68 Å². The van der Waals surface area contributed by atoms with Gasteiger partial charge in [0.2, 0.25) is 5.82 Å². The van der Waals surface area contributed by atoms with Gasteiger partial charge in [-0.05, 0) is 26.2 Å². The number of anilines is 1. The second-order valence-electron chi connectivity index (χ2n) is 5.34. The first-order valence-corrected chi connectivity index (χ1v) is 7.15. The van der Waals surface area contributed by atoms with E-state index in [1.54, 1.807) is 11.6 Å². The standard InChI is InChI=1S/C13H20N4O4/c1-3-6-16-12(11(17(20)21)9(2)14-16)15-7-4-10(5-8-15)13(18)19/h10H,3-8H2,1-2H3,(H,18,19). The van der Waals surface area contributed by atoms with E-state index in [0.717, 1.165) is 6.42 Å². The van der Waals surface area contributed by atoms with Crippen LogP contribution in [0.15, 0.2) is 0 Å². The molecular weight excluding hydrogens is 276 g/mol. The zero-order chi connectivity index (χ0) is 15.6. The zero-order valence-corrected chi connectivity index (χ0v) is 12.3. The van der Waals surface area contributed by atoms with Gasteiger partial charge in [-0.1, -0.05) is 6.92 Å². The van der Waals surface area contributed by atoms with Crippen molar-refractivity contribution in [3.05, 3.63) is 15.8 Å². The number of hydrogen-bond acceptors (Lipinski definition) is 5. The molecule has 0 aliphatic carbocycles. The number of carboxylic acid groups (broad SMARTS) is 1. The Morgan fingerprint density at radius 1 is 1.48 bits per heavy atom. The first kappa shape index (κ1) is 15.3. The van der Waals surface area contributed by atoms with Crippen molar-refractivity contribution in [2.45, 2.75) is 39.7 Å². The second kappa shape index (κ2) is 6.11. The molecule has 2 rings (SSSR count). The van der Waals surface area contributed by atoms with Crippen LogP contribution >= 0.6 is 0 Å². The molecule has 1 N–H and O–H groups in total. The summed E-state index contributed by atoms with van der Waals surface area (Å²) >= 11 is 0. The van der Waals surface area contributed by atoms with Crippen molar-refractivity contribution in [2.75, 3.05) is 18.0 Å². The Morgan fingerprint density at radius 2 is 2.10 bits per heavy atom. The summed E-state index contributed by atoms with van der Waals surface area (Å²) in [5.74, 6) is -0.630. The van der Waals surface area contributed by atoms with Gasteiger partial charge in [0.15, 0.2) is 0 Å². The Kier molecular flexibility index (Phi) is 4.44. The molecule has 8 nitrogen and oxygen atoms in total. The number of piperidine rings is 1. The number of aromatic nitrogens is 2. The van der Waals surface area contributed by atoms with Crippen LogP contribution in [-0.2, 0) is 11.3 Å². The maximum Gasteiger partial charge on any atom is 0.333 e. The lowest BCUT2D eigenvalue weighted by Gasteiger charge is -2.31. The minimum atomic E-state index is -0.789. The van der Waals surface area contributed by atoms with Crippen molar-refractivity contribution in [3.63, 3.8) is 0 Å². The van der Waals surface area contributed by atoms with E-state index in [2.05, 4.69) is 5.10 Å². The van der Waals surface area contributed by atoms with Crippen LogP contribution < -0.4 is 4.90 Å². The number of carbonyl (C=O) groups is 1. The predicted octanol–water partition coefficient (Wildman–Crippen LogP) is 1.81. The van der Waals surface area contributed by atoms with E-state index in [4.69, 9.17) is 5.11 Å². The number of aliphatic carboxylic acids is 1.